The average molecular weight is 348 g/mol. The molecule has 2 rings (SSSR count). The second kappa shape index (κ2) is 9.18. The third-order valence-electron chi connectivity index (χ3n) is 3.51. The molecule has 128 valence electrons. The van der Waals surface area contributed by atoms with E-state index in [1.807, 2.05) is 38.1 Å². The number of hydrogen-bond acceptors (Lipinski definition) is 3. The smallest absolute Gasteiger partial charge is 0.261 e. The van der Waals surface area contributed by atoms with Gasteiger partial charge in [0.05, 0.1) is 6.54 Å². The third kappa shape index (κ3) is 5.46. The maximum atomic E-state index is 12.2. The van der Waals surface area contributed by atoms with Crippen LogP contribution in [0.5, 0.6) is 11.5 Å². The lowest BCUT2D eigenvalue weighted by Crippen LogP contribution is -2.39. The molecule has 0 aliphatic heterocycles. The summed E-state index contributed by atoms with van der Waals surface area (Å²) < 4.78 is 11.4. The average Bonchev–Trinajstić information content (AvgIpc) is 2.59. The highest BCUT2D eigenvalue weighted by atomic mass is 35.5. The van der Waals surface area contributed by atoms with Gasteiger partial charge in [-0.15, -0.1) is 0 Å². The Morgan fingerprint density at radius 1 is 1.17 bits per heavy atom. The van der Waals surface area contributed by atoms with Crippen LogP contribution in [-0.4, -0.2) is 25.2 Å². The predicted octanol–water partition coefficient (Wildman–Crippen LogP) is 4.00. The van der Waals surface area contributed by atoms with Crippen LogP contribution in [0.3, 0.4) is 0 Å². The van der Waals surface area contributed by atoms with Crippen LogP contribution in [0.25, 0.3) is 0 Å². The Balaban J connectivity index is 1.77. The van der Waals surface area contributed by atoms with Crippen molar-refractivity contribution in [2.75, 3.05) is 13.2 Å². The van der Waals surface area contributed by atoms with E-state index in [1.54, 1.807) is 24.3 Å². The molecule has 0 saturated heterocycles. The molecule has 1 N–H and O–H groups in total. The Morgan fingerprint density at radius 2 is 1.88 bits per heavy atom. The molecular weight excluding hydrogens is 326 g/mol. The lowest BCUT2D eigenvalue weighted by atomic mass is 10.2. The van der Waals surface area contributed by atoms with Gasteiger partial charge < -0.3 is 14.8 Å². The number of para-hydroxylation sites is 1. The Morgan fingerprint density at radius 3 is 2.54 bits per heavy atom. The number of ether oxygens (including phenoxy) is 2. The highest BCUT2D eigenvalue weighted by molar-refractivity contribution is 6.30. The molecule has 2 aromatic rings. The van der Waals surface area contributed by atoms with Crippen LogP contribution in [0.4, 0.5) is 0 Å². The predicted molar refractivity (Wildman–Crippen MR) is 95.8 cm³/mol. The van der Waals surface area contributed by atoms with Crippen molar-refractivity contribution in [2.24, 2.45) is 0 Å². The number of nitrogens with one attached hydrogen (secondary N) is 1. The summed E-state index contributed by atoms with van der Waals surface area (Å²) >= 11 is 5.84. The Labute approximate surface area is 147 Å². The molecule has 2 aromatic carbocycles. The quantitative estimate of drug-likeness (QED) is 0.734. The number of amides is 1. The van der Waals surface area contributed by atoms with Gasteiger partial charge in [-0.25, -0.2) is 0 Å². The number of rotatable bonds is 8. The fraction of sp³-hybridized carbons (Fsp3) is 0.316. The van der Waals surface area contributed by atoms with Gasteiger partial charge in [0.15, 0.2) is 6.10 Å². The third-order valence-corrected chi connectivity index (χ3v) is 3.76. The molecule has 5 heteroatoms. The van der Waals surface area contributed by atoms with Crippen molar-refractivity contribution >= 4 is 17.5 Å². The van der Waals surface area contributed by atoms with E-state index in [-0.39, 0.29) is 5.91 Å². The first-order chi connectivity index (χ1) is 11.6. The van der Waals surface area contributed by atoms with Gasteiger partial charge in [-0.05, 0) is 49.2 Å². The molecule has 0 heterocycles. The molecule has 0 aliphatic rings. The molecule has 1 amide bonds. The normalized spacial score (nSPS) is 11.6. The van der Waals surface area contributed by atoms with Crippen LogP contribution in [0.15, 0.2) is 48.5 Å². The zero-order chi connectivity index (χ0) is 17.4. The topological polar surface area (TPSA) is 47.6 Å². The summed E-state index contributed by atoms with van der Waals surface area (Å²) in [6.07, 6.45) is 0.0391. The van der Waals surface area contributed by atoms with Crippen LogP contribution < -0.4 is 14.8 Å². The van der Waals surface area contributed by atoms with Gasteiger partial charge in [0.2, 0.25) is 0 Å². The van der Waals surface area contributed by atoms with Gasteiger partial charge in [-0.2, -0.15) is 0 Å². The van der Waals surface area contributed by atoms with Gasteiger partial charge >= 0.3 is 0 Å². The summed E-state index contributed by atoms with van der Waals surface area (Å²) in [4.78, 5) is 12.2. The molecule has 0 spiro atoms. The molecule has 1 atom stereocenters. The van der Waals surface area contributed by atoms with Crippen LogP contribution in [0.2, 0.25) is 5.02 Å². The van der Waals surface area contributed by atoms with Crippen LogP contribution >= 0.6 is 11.6 Å². The summed E-state index contributed by atoms with van der Waals surface area (Å²) in [6, 6.07) is 14.8. The molecule has 1 unspecified atom stereocenters. The van der Waals surface area contributed by atoms with Gasteiger partial charge in [0.25, 0.3) is 5.91 Å². The number of carbonyl (C=O) groups is 1. The Kier molecular flexibility index (Phi) is 6.94. The first kappa shape index (κ1) is 18.1. The molecule has 0 radical (unpaired) electrons. The summed E-state index contributed by atoms with van der Waals surface area (Å²) in [7, 11) is 0. The van der Waals surface area contributed by atoms with E-state index in [2.05, 4.69) is 5.32 Å². The minimum absolute atomic E-state index is 0.152. The fourth-order valence-corrected chi connectivity index (χ4v) is 2.29. The lowest BCUT2D eigenvalue weighted by molar-refractivity contribution is -0.128. The van der Waals surface area contributed by atoms with Gasteiger partial charge in [-0.3, -0.25) is 4.79 Å². The van der Waals surface area contributed by atoms with E-state index < -0.39 is 6.10 Å². The van der Waals surface area contributed by atoms with Crippen LogP contribution in [0.1, 0.15) is 18.9 Å². The maximum Gasteiger partial charge on any atom is 0.261 e. The van der Waals surface area contributed by atoms with Crippen molar-refractivity contribution in [3.8, 4) is 11.5 Å². The van der Waals surface area contributed by atoms with Gasteiger partial charge in [0.1, 0.15) is 18.1 Å². The van der Waals surface area contributed by atoms with E-state index in [0.717, 1.165) is 11.3 Å². The first-order valence-corrected chi connectivity index (χ1v) is 8.36. The van der Waals surface area contributed by atoms with Crippen LogP contribution in [-0.2, 0) is 4.79 Å². The second-order valence-corrected chi connectivity index (χ2v) is 5.81. The SMILES string of the molecule is CCC(Oc1ccc(Cl)cc1)C(=O)NCCOc1ccccc1C. The highest BCUT2D eigenvalue weighted by Gasteiger charge is 2.17. The fourth-order valence-electron chi connectivity index (χ4n) is 2.17. The van der Waals surface area contributed by atoms with Gasteiger partial charge in [0, 0.05) is 5.02 Å². The van der Waals surface area contributed by atoms with Crippen molar-refractivity contribution in [3.63, 3.8) is 0 Å². The molecule has 4 nitrogen and oxygen atoms in total. The highest BCUT2D eigenvalue weighted by Crippen LogP contribution is 2.18. The summed E-state index contributed by atoms with van der Waals surface area (Å²) in [5.41, 5.74) is 1.07. The molecule has 24 heavy (non-hydrogen) atoms. The molecule has 0 aliphatic carbocycles. The molecular formula is C19H22ClNO3. The Hall–Kier alpha value is -2.20. The lowest BCUT2D eigenvalue weighted by Gasteiger charge is -2.17. The molecule has 0 fully saturated rings. The summed E-state index contributed by atoms with van der Waals surface area (Å²) in [5, 5.41) is 3.47. The molecule has 0 saturated carbocycles. The van der Waals surface area contributed by atoms with Crippen molar-refractivity contribution in [2.45, 2.75) is 26.4 Å². The molecule has 0 bridgehead atoms. The van der Waals surface area contributed by atoms with Crippen molar-refractivity contribution < 1.29 is 14.3 Å². The number of halogens is 1. The number of benzene rings is 2. The number of carbonyl (C=O) groups excluding carboxylic acids is 1. The van der Waals surface area contributed by atoms with Crippen molar-refractivity contribution in [1.82, 2.24) is 5.32 Å². The zero-order valence-corrected chi connectivity index (χ0v) is 14.7. The van der Waals surface area contributed by atoms with E-state index in [0.29, 0.717) is 30.3 Å². The van der Waals surface area contributed by atoms with Crippen LogP contribution in [0, 0.1) is 6.92 Å². The minimum atomic E-state index is -0.537. The second-order valence-electron chi connectivity index (χ2n) is 5.37. The maximum absolute atomic E-state index is 12.2. The van der Waals surface area contributed by atoms with E-state index in [9.17, 15) is 4.79 Å². The van der Waals surface area contributed by atoms with E-state index in [1.165, 1.54) is 0 Å². The van der Waals surface area contributed by atoms with E-state index in [4.69, 9.17) is 21.1 Å². The standard InChI is InChI=1S/C19H22ClNO3/c1-3-17(24-16-10-8-15(20)9-11-16)19(22)21-12-13-23-18-7-5-4-6-14(18)2/h4-11,17H,3,12-13H2,1-2H3,(H,21,22). The minimum Gasteiger partial charge on any atom is -0.491 e. The van der Waals surface area contributed by atoms with Crippen molar-refractivity contribution in [3.05, 3.63) is 59.1 Å². The number of hydrogen-bond donors (Lipinski definition) is 1. The monoisotopic (exact) mass is 347 g/mol. The summed E-state index contributed by atoms with van der Waals surface area (Å²) in [5.74, 6) is 1.30. The largest absolute Gasteiger partial charge is 0.491 e. The van der Waals surface area contributed by atoms with Crippen molar-refractivity contribution in [1.29, 1.82) is 0 Å². The van der Waals surface area contributed by atoms with E-state index >= 15 is 0 Å². The number of aryl methyl sites for hydroxylation is 1. The summed E-state index contributed by atoms with van der Waals surface area (Å²) in [6.45, 7) is 4.73. The molecule has 0 aromatic heterocycles. The first-order valence-electron chi connectivity index (χ1n) is 7.98. The Bertz CT molecular complexity index is 658. The zero-order valence-electron chi connectivity index (χ0n) is 13.9. The van der Waals surface area contributed by atoms with Gasteiger partial charge in [-0.1, -0.05) is 36.7 Å².